The first-order valence-corrected chi connectivity index (χ1v) is 12.5. The standard InChI is InChI=1S/C24H24FN5OS2/c1-17-15-32-22(27-17)13-7-8-14-26-21(31)16-33-24-29-28-23(19-11-5-6-12-20(19)25)30(24)18-9-3-2-4-10-18/h2-6,9-12,15H,7-8,13-14,16H2,1H3,(H,26,31). The van der Waals surface area contributed by atoms with E-state index in [0.717, 1.165) is 35.7 Å². The van der Waals surface area contributed by atoms with E-state index in [2.05, 4.69) is 25.9 Å². The van der Waals surface area contributed by atoms with Crippen LogP contribution in [0.15, 0.2) is 65.1 Å². The molecular weight excluding hydrogens is 457 g/mol. The molecule has 0 aliphatic rings. The smallest absolute Gasteiger partial charge is 0.230 e. The highest BCUT2D eigenvalue weighted by atomic mass is 32.2. The summed E-state index contributed by atoms with van der Waals surface area (Å²) in [5.41, 5.74) is 2.23. The van der Waals surface area contributed by atoms with Crippen LogP contribution in [0.5, 0.6) is 0 Å². The molecule has 4 aromatic rings. The van der Waals surface area contributed by atoms with Gasteiger partial charge in [0.15, 0.2) is 11.0 Å². The summed E-state index contributed by atoms with van der Waals surface area (Å²) in [5.74, 6) is 0.164. The number of aryl methyl sites for hydroxylation is 2. The number of thioether (sulfide) groups is 1. The third kappa shape index (κ3) is 6.06. The van der Waals surface area contributed by atoms with Crippen molar-refractivity contribution in [2.24, 2.45) is 0 Å². The van der Waals surface area contributed by atoms with E-state index in [1.165, 1.54) is 17.8 Å². The summed E-state index contributed by atoms with van der Waals surface area (Å²) in [7, 11) is 0. The summed E-state index contributed by atoms with van der Waals surface area (Å²) in [4.78, 5) is 16.8. The lowest BCUT2D eigenvalue weighted by atomic mass is 10.2. The molecule has 0 saturated carbocycles. The molecular formula is C24H24FN5OS2. The van der Waals surface area contributed by atoms with E-state index < -0.39 is 0 Å². The number of rotatable bonds is 10. The van der Waals surface area contributed by atoms with Crippen LogP contribution in [0.2, 0.25) is 0 Å². The van der Waals surface area contributed by atoms with Crippen molar-refractivity contribution in [1.82, 2.24) is 25.1 Å². The molecule has 170 valence electrons. The minimum absolute atomic E-state index is 0.0693. The third-order valence-electron chi connectivity index (χ3n) is 4.90. The Hall–Kier alpha value is -3.04. The number of carbonyl (C=O) groups excluding carboxylic acids is 1. The molecule has 0 saturated heterocycles. The normalized spacial score (nSPS) is 11.0. The highest BCUT2D eigenvalue weighted by molar-refractivity contribution is 7.99. The molecule has 0 unspecified atom stereocenters. The van der Waals surface area contributed by atoms with E-state index in [9.17, 15) is 9.18 Å². The fourth-order valence-electron chi connectivity index (χ4n) is 3.32. The van der Waals surface area contributed by atoms with Crippen LogP contribution in [0, 0.1) is 12.7 Å². The Labute approximate surface area is 200 Å². The maximum atomic E-state index is 14.5. The summed E-state index contributed by atoms with van der Waals surface area (Å²) in [6.45, 7) is 2.62. The molecule has 4 rings (SSSR count). The van der Waals surface area contributed by atoms with E-state index >= 15 is 0 Å². The van der Waals surface area contributed by atoms with Crippen LogP contribution < -0.4 is 5.32 Å². The van der Waals surface area contributed by atoms with Gasteiger partial charge in [-0.15, -0.1) is 21.5 Å². The molecule has 1 amide bonds. The predicted octanol–water partition coefficient (Wildman–Crippen LogP) is 5.07. The van der Waals surface area contributed by atoms with Gasteiger partial charge < -0.3 is 5.32 Å². The van der Waals surface area contributed by atoms with Crippen LogP contribution in [0.4, 0.5) is 4.39 Å². The summed E-state index contributed by atoms with van der Waals surface area (Å²) in [6.07, 6.45) is 2.81. The Morgan fingerprint density at radius 2 is 1.88 bits per heavy atom. The van der Waals surface area contributed by atoms with Gasteiger partial charge in [-0.2, -0.15) is 0 Å². The minimum atomic E-state index is -0.371. The van der Waals surface area contributed by atoms with Gasteiger partial charge in [0.1, 0.15) is 5.82 Å². The maximum Gasteiger partial charge on any atom is 0.230 e. The van der Waals surface area contributed by atoms with Crippen LogP contribution in [0.3, 0.4) is 0 Å². The summed E-state index contributed by atoms with van der Waals surface area (Å²) >= 11 is 2.96. The summed E-state index contributed by atoms with van der Waals surface area (Å²) in [5, 5.41) is 15.2. The molecule has 0 fully saturated rings. The molecule has 0 radical (unpaired) electrons. The summed E-state index contributed by atoms with van der Waals surface area (Å²) in [6, 6.07) is 16.0. The fourth-order valence-corrected chi connectivity index (χ4v) is 4.92. The number of thiazole rings is 1. The number of nitrogens with zero attached hydrogens (tertiary/aromatic N) is 4. The van der Waals surface area contributed by atoms with Crippen molar-refractivity contribution in [3.05, 3.63) is 76.5 Å². The molecule has 2 aromatic heterocycles. The number of halogens is 1. The number of aromatic nitrogens is 4. The van der Waals surface area contributed by atoms with Crippen molar-refractivity contribution in [2.75, 3.05) is 12.3 Å². The monoisotopic (exact) mass is 481 g/mol. The lowest BCUT2D eigenvalue weighted by molar-refractivity contribution is -0.118. The number of para-hydroxylation sites is 1. The van der Waals surface area contributed by atoms with E-state index in [0.29, 0.717) is 23.1 Å². The van der Waals surface area contributed by atoms with E-state index in [1.54, 1.807) is 34.1 Å². The van der Waals surface area contributed by atoms with Crippen LogP contribution in [-0.2, 0) is 11.2 Å². The second-order valence-electron chi connectivity index (χ2n) is 7.44. The van der Waals surface area contributed by atoms with Crippen molar-refractivity contribution < 1.29 is 9.18 Å². The quantitative estimate of drug-likeness (QED) is 0.253. The Kier molecular flexibility index (Phi) is 7.85. The van der Waals surface area contributed by atoms with Crippen molar-refractivity contribution in [3.63, 3.8) is 0 Å². The maximum absolute atomic E-state index is 14.5. The number of hydrogen-bond donors (Lipinski definition) is 1. The molecule has 2 aromatic carbocycles. The second kappa shape index (κ2) is 11.2. The van der Waals surface area contributed by atoms with Gasteiger partial charge in [-0.25, -0.2) is 9.37 Å². The van der Waals surface area contributed by atoms with E-state index in [4.69, 9.17) is 0 Å². The topological polar surface area (TPSA) is 72.7 Å². The first-order chi connectivity index (χ1) is 16.1. The van der Waals surface area contributed by atoms with Crippen LogP contribution >= 0.6 is 23.1 Å². The number of unbranched alkanes of at least 4 members (excludes halogenated alkanes) is 1. The zero-order valence-corrected chi connectivity index (χ0v) is 19.8. The Balaban J connectivity index is 1.36. The van der Waals surface area contributed by atoms with Crippen LogP contribution in [-0.4, -0.2) is 38.0 Å². The number of hydrogen-bond acceptors (Lipinski definition) is 6. The molecule has 0 bridgehead atoms. The van der Waals surface area contributed by atoms with Crippen LogP contribution in [0.25, 0.3) is 17.1 Å². The van der Waals surface area contributed by atoms with Gasteiger partial charge in [-0.3, -0.25) is 9.36 Å². The lowest BCUT2D eigenvalue weighted by Gasteiger charge is -2.11. The van der Waals surface area contributed by atoms with Gasteiger partial charge in [0.05, 0.1) is 16.3 Å². The first-order valence-electron chi connectivity index (χ1n) is 10.7. The largest absolute Gasteiger partial charge is 0.355 e. The van der Waals surface area contributed by atoms with E-state index in [-0.39, 0.29) is 17.5 Å². The molecule has 1 N–H and O–H groups in total. The molecule has 33 heavy (non-hydrogen) atoms. The highest BCUT2D eigenvalue weighted by Gasteiger charge is 2.19. The molecule has 2 heterocycles. The fraction of sp³-hybridized carbons (Fsp3) is 0.250. The SMILES string of the molecule is Cc1csc(CCCCNC(=O)CSc2nnc(-c3ccccc3F)n2-c2ccccc2)n1. The highest BCUT2D eigenvalue weighted by Crippen LogP contribution is 2.29. The zero-order chi connectivity index (χ0) is 23.0. The van der Waals surface area contributed by atoms with Crippen molar-refractivity contribution in [3.8, 4) is 17.1 Å². The van der Waals surface area contributed by atoms with Gasteiger partial charge in [0.25, 0.3) is 0 Å². The molecule has 0 atom stereocenters. The minimum Gasteiger partial charge on any atom is -0.355 e. The van der Waals surface area contributed by atoms with Crippen LogP contribution in [0.1, 0.15) is 23.5 Å². The Bertz CT molecular complexity index is 1210. The average molecular weight is 482 g/mol. The average Bonchev–Trinajstić information content (AvgIpc) is 3.44. The first kappa shape index (κ1) is 23.1. The number of amides is 1. The molecule has 0 aliphatic heterocycles. The Morgan fingerprint density at radius 3 is 2.64 bits per heavy atom. The molecule has 9 heteroatoms. The van der Waals surface area contributed by atoms with Gasteiger partial charge in [-0.1, -0.05) is 42.1 Å². The van der Waals surface area contributed by atoms with Crippen molar-refractivity contribution in [2.45, 2.75) is 31.3 Å². The van der Waals surface area contributed by atoms with Crippen molar-refractivity contribution >= 4 is 29.0 Å². The molecule has 0 aliphatic carbocycles. The third-order valence-corrected chi connectivity index (χ3v) is 6.86. The Morgan fingerprint density at radius 1 is 1.09 bits per heavy atom. The van der Waals surface area contributed by atoms with E-state index in [1.807, 2.05) is 37.3 Å². The van der Waals surface area contributed by atoms with Gasteiger partial charge in [0, 0.05) is 23.3 Å². The zero-order valence-electron chi connectivity index (χ0n) is 18.2. The molecule has 6 nitrogen and oxygen atoms in total. The van der Waals surface area contributed by atoms with Gasteiger partial charge in [0.2, 0.25) is 5.91 Å². The molecule has 0 spiro atoms. The second-order valence-corrected chi connectivity index (χ2v) is 9.32. The number of nitrogens with one attached hydrogen (secondary N) is 1. The van der Waals surface area contributed by atoms with Crippen molar-refractivity contribution in [1.29, 1.82) is 0 Å². The lowest BCUT2D eigenvalue weighted by Crippen LogP contribution is -2.26. The summed E-state index contributed by atoms with van der Waals surface area (Å²) < 4.78 is 16.2. The number of benzene rings is 2. The number of carbonyl (C=O) groups is 1. The van der Waals surface area contributed by atoms with Gasteiger partial charge >= 0.3 is 0 Å². The van der Waals surface area contributed by atoms with Gasteiger partial charge in [-0.05, 0) is 50.5 Å². The predicted molar refractivity (Wildman–Crippen MR) is 130 cm³/mol.